The number of carbonyl (C=O) groups excluding carboxylic acids is 2. The molecule has 0 aliphatic rings. The number of nitrogens with one attached hydrogen (secondary N) is 2. The standard InChI is InChI=1S/C24H23ClN2O3/c1-30-16-18-11-5-8-14-21(18)26-23(28)15-22(17-9-3-2-4-10-17)27-24(29)19-12-6-7-13-20(19)25/h2-14,22H,15-16H2,1H3,(H,26,28)(H,27,29). The Morgan fingerprint density at radius 1 is 0.933 bits per heavy atom. The summed E-state index contributed by atoms with van der Waals surface area (Å²) in [5.74, 6) is -0.547. The molecule has 0 fully saturated rings. The van der Waals surface area contributed by atoms with Gasteiger partial charge in [-0.2, -0.15) is 0 Å². The molecule has 3 aromatic carbocycles. The van der Waals surface area contributed by atoms with E-state index in [4.69, 9.17) is 16.3 Å². The molecule has 0 aliphatic heterocycles. The van der Waals surface area contributed by atoms with Crippen molar-refractivity contribution >= 4 is 29.1 Å². The summed E-state index contributed by atoms with van der Waals surface area (Å²) in [4.78, 5) is 25.6. The zero-order valence-corrected chi connectivity index (χ0v) is 17.4. The van der Waals surface area contributed by atoms with E-state index >= 15 is 0 Å². The molecule has 0 aromatic heterocycles. The van der Waals surface area contributed by atoms with Crippen molar-refractivity contribution in [2.24, 2.45) is 0 Å². The van der Waals surface area contributed by atoms with Crippen LogP contribution in [0, 0.1) is 0 Å². The number of hydrogen-bond acceptors (Lipinski definition) is 3. The van der Waals surface area contributed by atoms with Crippen LogP contribution in [0.3, 0.4) is 0 Å². The number of methoxy groups -OCH3 is 1. The molecule has 0 radical (unpaired) electrons. The van der Waals surface area contributed by atoms with Gasteiger partial charge in [0.25, 0.3) is 5.91 Å². The van der Waals surface area contributed by atoms with Crippen LogP contribution in [0.25, 0.3) is 0 Å². The maximum absolute atomic E-state index is 12.8. The van der Waals surface area contributed by atoms with Crippen molar-refractivity contribution in [2.45, 2.75) is 19.1 Å². The highest BCUT2D eigenvalue weighted by molar-refractivity contribution is 6.33. The van der Waals surface area contributed by atoms with Gasteiger partial charge in [-0.3, -0.25) is 9.59 Å². The topological polar surface area (TPSA) is 67.4 Å². The molecule has 2 N–H and O–H groups in total. The number of ether oxygens (including phenoxy) is 1. The van der Waals surface area contributed by atoms with Crippen LogP contribution in [-0.2, 0) is 16.1 Å². The van der Waals surface area contributed by atoms with E-state index in [-0.39, 0.29) is 18.2 Å². The summed E-state index contributed by atoms with van der Waals surface area (Å²) in [6.07, 6.45) is 0.0710. The van der Waals surface area contributed by atoms with E-state index in [1.165, 1.54) is 0 Å². The smallest absolute Gasteiger partial charge is 0.253 e. The number of benzene rings is 3. The van der Waals surface area contributed by atoms with E-state index < -0.39 is 6.04 Å². The van der Waals surface area contributed by atoms with Crippen LogP contribution in [0.4, 0.5) is 5.69 Å². The van der Waals surface area contributed by atoms with Gasteiger partial charge in [0, 0.05) is 18.4 Å². The summed E-state index contributed by atoms with van der Waals surface area (Å²) in [6, 6.07) is 23.2. The zero-order chi connectivity index (χ0) is 21.3. The third-order valence-corrected chi connectivity index (χ3v) is 4.94. The Hall–Kier alpha value is -3.15. The highest BCUT2D eigenvalue weighted by Crippen LogP contribution is 2.22. The number of hydrogen-bond donors (Lipinski definition) is 2. The fraction of sp³-hybridized carbons (Fsp3) is 0.167. The maximum Gasteiger partial charge on any atom is 0.253 e. The molecule has 1 unspecified atom stereocenters. The van der Waals surface area contributed by atoms with Crippen molar-refractivity contribution in [3.05, 3.63) is 101 Å². The van der Waals surface area contributed by atoms with Gasteiger partial charge in [0.2, 0.25) is 5.91 Å². The SMILES string of the molecule is COCc1ccccc1NC(=O)CC(NC(=O)c1ccccc1Cl)c1ccccc1. The van der Waals surface area contributed by atoms with E-state index in [9.17, 15) is 9.59 Å². The van der Waals surface area contributed by atoms with Gasteiger partial charge in [-0.1, -0.05) is 72.3 Å². The summed E-state index contributed by atoms with van der Waals surface area (Å²) in [6.45, 7) is 0.391. The minimum Gasteiger partial charge on any atom is -0.380 e. The number of halogens is 1. The lowest BCUT2D eigenvalue weighted by atomic mass is 10.0. The molecule has 0 saturated heterocycles. The average molecular weight is 423 g/mol. The van der Waals surface area contributed by atoms with E-state index in [0.29, 0.717) is 22.9 Å². The predicted molar refractivity (Wildman–Crippen MR) is 119 cm³/mol. The third-order valence-electron chi connectivity index (χ3n) is 4.61. The molecule has 5 nitrogen and oxygen atoms in total. The third kappa shape index (κ3) is 5.69. The van der Waals surface area contributed by atoms with Crippen LogP contribution in [-0.4, -0.2) is 18.9 Å². The van der Waals surface area contributed by atoms with Gasteiger partial charge in [-0.15, -0.1) is 0 Å². The maximum atomic E-state index is 12.8. The predicted octanol–water partition coefficient (Wildman–Crippen LogP) is 4.99. The van der Waals surface area contributed by atoms with Crippen LogP contribution in [0.5, 0.6) is 0 Å². The Labute approximate surface area is 181 Å². The first-order valence-electron chi connectivity index (χ1n) is 9.55. The molecule has 2 amide bonds. The molecular weight excluding hydrogens is 400 g/mol. The summed E-state index contributed by atoms with van der Waals surface area (Å²) in [5, 5.41) is 6.22. The average Bonchev–Trinajstić information content (AvgIpc) is 2.75. The van der Waals surface area contributed by atoms with Gasteiger partial charge in [-0.05, 0) is 23.8 Å². The van der Waals surface area contributed by atoms with Crippen LogP contribution in [0.2, 0.25) is 5.02 Å². The molecule has 154 valence electrons. The fourth-order valence-corrected chi connectivity index (χ4v) is 3.35. The molecule has 0 bridgehead atoms. The van der Waals surface area contributed by atoms with Crippen LogP contribution in [0.1, 0.15) is 33.9 Å². The zero-order valence-electron chi connectivity index (χ0n) is 16.6. The second-order valence-corrected chi connectivity index (χ2v) is 7.17. The summed E-state index contributed by atoms with van der Waals surface area (Å²) < 4.78 is 5.19. The van der Waals surface area contributed by atoms with Crippen molar-refractivity contribution in [2.75, 3.05) is 12.4 Å². The molecule has 0 saturated carbocycles. The molecule has 0 heterocycles. The Morgan fingerprint density at radius 3 is 2.33 bits per heavy atom. The van der Waals surface area contributed by atoms with E-state index in [1.807, 2.05) is 54.6 Å². The lowest BCUT2D eigenvalue weighted by Crippen LogP contribution is -2.31. The van der Waals surface area contributed by atoms with Gasteiger partial charge < -0.3 is 15.4 Å². The monoisotopic (exact) mass is 422 g/mol. The van der Waals surface area contributed by atoms with Gasteiger partial charge in [0.05, 0.1) is 29.7 Å². The molecule has 30 heavy (non-hydrogen) atoms. The van der Waals surface area contributed by atoms with Gasteiger partial charge in [-0.25, -0.2) is 0 Å². The van der Waals surface area contributed by atoms with Crippen molar-refractivity contribution in [3.8, 4) is 0 Å². The number of para-hydroxylation sites is 1. The number of rotatable bonds is 8. The van der Waals surface area contributed by atoms with E-state index in [1.54, 1.807) is 31.4 Å². The molecule has 3 aromatic rings. The lowest BCUT2D eigenvalue weighted by Gasteiger charge is -2.20. The molecule has 0 spiro atoms. The fourth-order valence-electron chi connectivity index (χ4n) is 3.13. The normalized spacial score (nSPS) is 11.5. The largest absolute Gasteiger partial charge is 0.380 e. The molecular formula is C24H23ClN2O3. The Bertz CT molecular complexity index is 1010. The van der Waals surface area contributed by atoms with Gasteiger partial charge in [0.1, 0.15) is 0 Å². The first-order chi connectivity index (χ1) is 14.6. The Balaban J connectivity index is 1.77. The quantitative estimate of drug-likeness (QED) is 0.537. The minimum atomic E-state index is -0.510. The second kappa shape index (κ2) is 10.6. The van der Waals surface area contributed by atoms with Crippen LogP contribution >= 0.6 is 11.6 Å². The van der Waals surface area contributed by atoms with E-state index in [2.05, 4.69) is 10.6 Å². The van der Waals surface area contributed by atoms with Crippen LogP contribution in [0.15, 0.2) is 78.9 Å². The minimum absolute atomic E-state index is 0.0710. The summed E-state index contributed by atoms with van der Waals surface area (Å²) in [7, 11) is 1.61. The molecule has 6 heteroatoms. The number of amides is 2. The molecule has 0 aliphatic carbocycles. The van der Waals surface area contributed by atoms with E-state index in [0.717, 1.165) is 11.1 Å². The van der Waals surface area contributed by atoms with Crippen molar-refractivity contribution in [1.82, 2.24) is 5.32 Å². The van der Waals surface area contributed by atoms with Gasteiger partial charge in [0.15, 0.2) is 0 Å². The molecule has 1 atom stereocenters. The van der Waals surface area contributed by atoms with Crippen molar-refractivity contribution in [3.63, 3.8) is 0 Å². The first kappa shape index (κ1) is 21.6. The van der Waals surface area contributed by atoms with Crippen molar-refractivity contribution < 1.29 is 14.3 Å². The molecule has 3 rings (SSSR count). The highest BCUT2D eigenvalue weighted by atomic mass is 35.5. The number of carbonyl (C=O) groups is 2. The summed E-state index contributed by atoms with van der Waals surface area (Å²) >= 11 is 6.16. The van der Waals surface area contributed by atoms with Gasteiger partial charge >= 0.3 is 0 Å². The Kier molecular flexibility index (Phi) is 7.60. The highest BCUT2D eigenvalue weighted by Gasteiger charge is 2.21. The Morgan fingerprint density at radius 2 is 1.60 bits per heavy atom. The number of anilines is 1. The first-order valence-corrected chi connectivity index (χ1v) is 9.93. The summed E-state index contributed by atoms with van der Waals surface area (Å²) in [5.41, 5.74) is 2.77. The van der Waals surface area contributed by atoms with Crippen molar-refractivity contribution in [1.29, 1.82) is 0 Å². The second-order valence-electron chi connectivity index (χ2n) is 6.76. The lowest BCUT2D eigenvalue weighted by molar-refractivity contribution is -0.116. The van der Waals surface area contributed by atoms with Crippen LogP contribution < -0.4 is 10.6 Å².